The van der Waals surface area contributed by atoms with Crippen LogP contribution in [-0.4, -0.2) is 21.2 Å². The number of hydrogen-bond donors (Lipinski definition) is 2. The Balaban J connectivity index is 2.11. The Morgan fingerprint density at radius 1 is 1.60 bits per heavy atom. The third kappa shape index (κ3) is 2.24. The normalized spacial score (nSPS) is 12.9. The van der Waals surface area contributed by atoms with Gasteiger partial charge in [-0.3, -0.25) is 0 Å². The summed E-state index contributed by atoms with van der Waals surface area (Å²) in [5, 5.41) is 3.87. The van der Waals surface area contributed by atoms with Gasteiger partial charge in [0, 0.05) is 18.7 Å². The first kappa shape index (κ1) is 9.92. The number of nitrogens with two attached hydrogens (primary N) is 1. The molecule has 2 rings (SSSR count). The SMILES string of the molecule is CCC(N)Cc1nc(-c2ccc[nH]2)no1. The number of H-pyrrole nitrogens is 1. The zero-order valence-electron chi connectivity index (χ0n) is 8.60. The van der Waals surface area contributed by atoms with Crippen molar-refractivity contribution in [2.45, 2.75) is 25.8 Å². The molecule has 2 aromatic heterocycles. The van der Waals surface area contributed by atoms with E-state index >= 15 is 0 Å². The molecule has 1 unspecified atom stereocenters. The Bertz CT molecular complexity index is 407. The molecule has 3 N–H and O–H groups in total. The van der Waals surface area contributed by atoms with Gasteiger partial charge in [0.15, 0.2) is 0 Å². The molecule has 0 saturated heterocycles. The molecule has 5 nitrogen and oxygen atoms in total. The third-order valence-corrected chi connectivity index (χ3v) is 2.27. The summed E-state index contributed by atoms with van der Waals surface area (Å²) >= 11 is 0. The van der Waals surface area contributed by atoms with E-state index in [1.807, 2.05) is 25.3 Å². The lowest BCUT2D eigenvalue weighted by atomic mass is 10.2. The highest BCUT2D eigenvalue weighted by atomic mass is 16.5. The molecule has 1 atom stereocenters. The molecule has 15 heavy (non-hydrogen) atoms. The highest BCUT2D eigenvalue weighted by molar-refractivity contribution is 5.47. The Morgan fingerprint density at radius 3 is 3.13 bits per heavy atom. The van der Waals surface area contributed by atoms with E-state index in [1.54, 1.807) is 0 Å². The maximum absolute atomic E-state index is 5.80. The van der Waals surface area contributed by atoms with Crippen LogP contribution in [0.2, 0.25) is 0 Å². The second-order valence-electron chi connectivity index (χ2n) is 3.47. The standard InChI is InChI=1S/C10H14N4O/c1-2-7(11)6-9-13-10(14-15-9)8-4-3-5-12-8/h3-5,7,12H,2,6,11H2,1H3. The zero-order valence-corrected chi connectivity index (χ0v) is 8.60. The first-order valence-corrected chi connectivity index (χ1v) is 5.01. The van der Waals surface area contributed by atoms with Crippen molar-refractivity contribution < 1.29 is 4.52 Å². The van der Waals surface area contributed by atoms with Crippen molar-refractivity contribution in [3.05, 3.63) is 24.2 Å². The summed E-state index contributed by atoms with van der Waals surface area (Å²) in [5.74, 6) is 1.17. The molecule has 0 radical (unpaired) electrons. The van der Waals surface area contributed by atoms with Gasteiger partial charge in [0.1, 0.15) is 0 Å². The number of aromatic nitrogens is 3. The fraction of sp³-hybridized carbons (Fsp3) is 0.400. The molecule has 2 aromatic rings. The van der Waals surface area contributed by atoms with Crippen LogP contribution in [0.25, 0.3) is 11.5 Å². The lowest BCUT2D eigenvalue weighted by Crippen LogP contribution is -2.21. The van der Waals surface area contributed by atoms with Gasteiger partial charge in [-0.25, -0.2) is 0 Å². The van der Waals surface area contributed by atoms with Crippen LogP contribution in [-0.2, 0) is 6.42 Å². The van der Waals surface area contributed by atoms with E-state index in [-0.39, 0.29) is 6.04 Å². The van der Waals surface area contributed by atoms with Gasteiger partial charge in [0.05, 0.1) is 5.69 Å². The molecule has 5 heteroatoms. The van der Waals surface area contributed by atoms with Crippen molar-refractivity contribution in [3.63, 3.8) is 0 Å². The molecule has 0 amide bonds. The van der Waals surface area contributed by atoms with Crippen LogP contribution in [0.15, 0.2) is 22.9 Å². The molecule has 0 aliphatic rings. The highest BCUT2D eigenvalue weighted by Crippen LogP contribution is 2.13. The summed E-state index contributed by atoms with van der Waals surface area (Å²) in [6.07, 6.45) is 3.35. The van der Waals surface area contributed by atoms with Gasteiger partial charge in [-0.1, -0.05) is 12.1 Å². The number of hydrogen-bond acceptors (Lipinski definition) is 4. The van der Waals surface area contributed by atoms with Crippen LogP contribution in [0.1, 0.15) is 19.2 Å². The molecular weight excluding hydrogens is 192 g/mol. The topological polar surface area (TPSA) is 80.7 Å². The van der Waals surface area contributed by atoms with Gasteiger partial charge in [0.25, 0.3) is 0 Å². The van der Waals surface area contributed by atoms with E-state index < -0.39 is 0 Å². The Labute approximate surface area is 87.7 Å². The molecule has 80 valence electrons. The lowest BCUT2D eigenvalue weighted by Gasteiger charge is -2.02. The summed E-state index contributed by atoms with van der Waals surface area (Å²) in [6.45, 7) is 2.03. The molecule has 0 spiro atoms. The average molecular weight is 206 g/mol. The number of nitrogens with one attached hydrogen (secondary N) is 1. The van der Waals surface area contributed by atoms with Gasteiger partial charge in [0.2, 0.25) is 11.7 Å². The monoisotopic (exact) mass is 206 g/mol. The summed E-state index contributed by atoms with van der Waals surface area (Å²) < 4.78 is 5.10. The van der Waals surface area contributed by atoms with Gasteiger partial charge < -0.3 is 15.2 Å². The molecule has 0 aromatic carbocycles. The van der Waals surface area contributed by atoms with E-state index in [9.17, 15) is 0 Å². The largest absolute Gasteiger partial charge is 0.359 e. The van der Waals surface area contributed by atoms with Crippen molar-refractivity contribution in [1.29, 1.82) is 0 Å². The van der Waals surface area contributed by atoms with Crippen molar-refractivity contribution in [1.82, 2.24) is 15.1 Å². The Hall–Kier alpha value is -1.62. The fourth-order valence-corrected chi connectivity index (χ4v) is 1.29. The molecule has 0 aliphatic carbocycles. The predicted molar refractivity (Wildman–Crippen MR) is 56.1 cm³/mol. The van der Waals surface area contributed by atoms with E-state index in [4.69, 9.17) is 10.3 Å². The lowest BCUT2D eigenvalue weighted by molar-refractivity contribution is 0.368. The van der Waals surface area contributed by atoms with Crippen molar-refractivity contribution >= 4 is 0 Å². The second kappa shape index (κ2) is 4.27. The van der Waals surface area contributed by atoms with E-state index in [0.717, 1.165) is 12.1 Å². The maximum atomic E-state index is 5.80. The third-order valence-electron chi connectivity index (χ3n) is 2.27. The smallest absolute Gasteiger partial charge is 0.228 e. The van der Waals surface area contributed by atoms with Crippen LogP contribution in [0.4, 0.5) is 0 Å². The van der Waals surface area contributed by atoms with Crippen molar-refractivity contribution in [2.24, 2.45) is 5.73 Å². The summed E-state index contributed by atoms with van der Waals surface area (Å²) in [6, 6.07) is 3.87. The minimum atomic E-state index is 0.0851. The first-order valence-electron chi connectivity index (χ1n) is 5.01. The van der Waals surface area contributed by atoms with Gasteiger partial charge in [-0.05, 0) is 18.6 Å². The average Bonchev–Trinajstić information content (AvgIpc) is 2.85. The van der Waals surface area contributed by atoms with Gasteiger partial charge in [-0.2, -0.15) is 4.98 Å². The van der Waals surface area contributed by atoms with Crippen LogP contribution in [0.5, 0.6) is 0 Å². The van der Waals surface area contributed by atoms with Crippen molar-refractivity contribution in [2.75, 3.05) is 0 Å². The summed E-state index contributed by atoms with van der Waals surface area (Å²) in [4.78, 5) is 7.27. The Morgan fingerprint density at radius 2 is 2.47 bits per heavy atom. The van der Waals surface area contributed by atoms with Crippen molar-refractivity contribution in [3.8, 4) is 11.5 Å². The summed E-state index contributed by atoms with van der Waals surface area (Å²) in [7, 11) is 0. The first-order chi connectivity index (χ1) is 7.29. The van der Waals surface area contributed by atoms with Gasteiger partial charge in [-0.15, -0.1) is 0 Å². The molecule has 0 saturated carbocycles. The van der Waals surface area contributed by atoms with Crippen LogP contribution >= 0.6 is 0 Å². The minimum Gasteiger partial charge on any atom is -0.359 e. The second-order valence-corrected chi connectivity index (χ2v) is 3.47. The maximum Gasteiger partial charge on any atom is 0.228 e. The zero-order chi connectivity index (χ0) is 10.7. The van der Waals surface area contributed by atoms with E-state index in [1.165, 1.54) is 0 Å². The fourth-order valence-electron chi connectivity index (χ4n) is 1.29. The Kier molecular flexibility index (Phi) is 2.82. The number of nitrogens with zero attached hydrogens (tertiary/aromatic N) is 2. The summed E-state index contributed by atoms with van der Waals surface area (Å²) in [5.41, 5.74) is 6.65. The predicted octanol–water partition coefficient (Wildman–Crippen LogP) is 1.34. The molecule has 2 heterocycles. The quantitative estimate of drug-likeness (QED) is 0.791. The molecule has 0 aliphatic heterocycles. The molecule has 0 fully saturated rings. The minimum absolute atomic E-state index is 0.0851. The van der Waals surface area contributed by atoms with Gasteiger partial charge >= 0.3 is 0 Å². The molecule has 0 bridgehead atoms. The number of aromatic amines is 1. The van der Waals surface area contributed by atoms with E-state index in [2.05, 4.69) is 15.1 Å². The molecular formula is C10H14N4O. The van der Waals surface area contributed by atoms with Crippen LogP contribution in [0, 0.1) is 0 Å². The van der Waals surface area contributed by atoms with E-state index in [0.29, 0.717) is 18.1 Å². The van der Waals surface area contributed by atoms with Crippen LogP contribution in [0.3, 0.4) is 0 Å². The van der Waals surface area contributed by atoms with Crippen LogP contribution < -0.4 is 5.73 Å². The number of rotatable bonds is 4. The highest BCUT2D eigenvalue weighted by Gasteiger charge is 2.11.